The predicted molar refractivity (Wildman–Crippen MR) is 130 cm³/mol. The van der Waals surface area contributed by atoms with E-state index in [1.165, 1.54) is 12.0 Å². The van der Waals surface area contributed by atoms with Gasteiger partial charge in [-0.05, 0) is 65.3 Å². The lowest BCUT2D eigenvalue weighted by Crippen LogP contribution is -2.54. The second-order valence-electron chi connectivity index (χ2n) is 9.12. The van der Waals surface area contributed by atoms with Crippen molar-refractivity contribution in [2.75, 3.05) is 25.7 Å². The fourth-order valence-corrected chi connectivity index (χ4v) is 6.48. The van der Waals surface area contributed by atoms with Gasteiger partial charge in [0.25, 0.3) is 0 Å². The summed E-state index contributed by atoms with van der Waals surface area (Å²) < 4.78 is 17.6. The molecule has 2 heterocycles. The Labute approximate surface area is 210 Å². The Balaban J connectivity index is 1.54. The van der Waals surface area contributed by atoms with E-state index in [1.807, 2.05) is 28.7 Å². The van der Waals surface area contributed by atoms with Gasteiger partial charge in [-0.2, -0.15) is 0 Å². The molecule has 0 spiro atoms. The van der Waals surface area contributed by atoms with Gasteiger partial charge in [-0.15, -0.1) is 0 Å². The molecule has 1 saturated carbocycles. The number of aromatic hydroxyl groups is 1. The number of phenols is 1. The van der Waals surface area contributed by atoms with Crippen LogP contribution in [0.15, 0.2) is 42.5 Å². The monoisotopic (exact) mass is 579 g/mol. The van der Waals surface area contributed by atoms with Crippen LogP contribution in [0.4, 0.5) is 5.69 Å². The Hall–Kier alpha value is -2.21. The van der Waals surface area contributed by atoms with Gasteiger partial charge in [0.1, 0.15) is 0 Å². The fourth-order valence-electron chi connectivity index (χ4n) is 5.85. The molecule has 3 aliphatic rings. The smallest absolute Gasteiger partial charge is 0.238 e. The third kappa shape index (κ3) is 3.52. The number of halogens is 1. The Morgan fingerprint density at radius 1 is 1.15 bits per heavy atom. The molecule has 2 aliphatic heterocycles. The molecule has 2 amide bonds. The summed E-state index contributed by atoms with van der Waals surface area (Å²) in [6, 6.07) is 12.4. The predicted octanol–water partition coefficient (Wildman–Crippen LogP) is 3.24. The van der Waals surface area contributed by atoms with Crippen molar-refractivity contribution in [3.63, 3.8) is 0 Å². The maximum atomic E-state index is 13.6. The number of carbonyl (C=O) groups excluding carboxylic acids is 2. The zero-order chi connectivity index (χ0) is 24.2. The lowest BCUT2D eigenvalue weighted by Gasteiger charge is -2.44. The number of imide groups is 1. The van der Waals surface area contributed by atoms with Crippen molar-refractivity contribution in [2.45, 2.75) is 24.7 Å². The molecule has 0 aromatic heterocycles. The van der Waals surface area contributed by atoms with Crippen LogP contribution in [0.2, 0.25) is 0 Å². The summed E-state index contributed by atoms with van der Waals surface area (Å²) in [6.07, 6.45) is 0.108. The number of rotatable bonds is 5. The van der Waals surface area contributed by atoms with E-state index in [0.717, 1.165) is 5.56 Å². The molecule has 0 bridgehead atoms. The second kappa shape index (κ2) is 8.78. The summed E-state index contributed by atoms with van der Waals surface area (Å²) in [5.41, 5.74) is 1.26. The van der Waals surface area contributed by atoms with Crippen LogP contribution in [0, 0.1) is 27.2 Å². The molecule has 2 aromatic carbocycles. The molecular weight excluding hydrogens is 553 g/mol. The molecule has 6 atom stereocenters. The van der Waals surface area contributed by atoms with E-state index in [0.29, 0.717) is 27.8 Å². The van der Waals surface area contributed by atoms with Crippen LogP contribution < -0.4 is 9.64 Å². The minimum atomic E-state index is -1.62. The van der Waals surface area contributed by atoms with Gasteiger partial charge < -0.3 is 24.4 Å². The Bertz CT molecular complexity index is 1130. The third-order valence-electron chi connectivity index (χ3n) is 7.39. The summed E-state index contributed by atoms with van der Waals surface area (Å²) in [5, 5.41) is 22.1. The summed E-state index contributed by atoms with van der Waals surface area (Å²) in [6.45, 7) is 0.201. The molecule has 34 heavy (non-hydrogen) atoms. The lowest BCUT2D eigenvalue weighted by atomic mass is 9.64. The van der Waals surface area contributed by atoms with E-state index in [-0.39, 0.29) is 24.2 Å². The normalized spacial score (nSPS) is 32.6. The average molecular weight is 579 g/mol. The Kier molecular flexibility index (Phi) is 6.07. The van der Waals surface area contributed by atoms with Crippen molar-refractivity contribution >= 4 is 40.1 Å². The molecular formula is C25H26INO7. The third-order valence-corrected chi connectivity index (χ3v) is 8.21. The van der Waals surface area contributed by atoms with Gasteiger partial charge in [-0.3, -0.25) is 14.5 Å². The van der Waals surface area contributed by atoms with E-state index in [1.54, 1.807) is 43.5 Å². The van der Waals surface area contributed by atoms with E-state index >= 15 is 0 Å². The number of carbonyl (C=O) groups is 2. The molecule has 180 valence electrons. The summed E-state index contributed by atoms with van der Waals surface area (Å²) in [4.78, 5) is 28.3. The van der Waals surface area contributed by atoms with Crippen LogP contribution in [0.1, 0.15) is 24.5 Å². The molecule has 1 aliphatic carbocycles. The number of fused-ring (bicyclic) bond motifs is 3. The highest BCUT2D eigenvalue weighted by molar-refractivity contribution is 14.1. The first-order chi connectivity index (χ1) is 16.3. The molecule has 2 saturated heterocycles. The first-order valence-electron chi connectivity index (χ1n) is 11.2. The number of hydrogen-bond acceptors (Lipinski definition) is 7. The zero-order valence-corrected chi connectivity index (χ0v) is 21.0. The highest BCUT2D eigenvalue weighted by atomic mass is 127. The maximum Gasteiger partial charge on any atom is 0.238 e. The Morgan fingerprint density at radius 2 is 1.88 bits per heavy atom. The maximum absolute atomic E-state index is 13.6. The van der Waals surface area contributed by atoms with Crippen LogP contribution in [-0.4, -0.2) is 48.6 Å². The number of para-hydroxylation sites is 1. The number of anilines is 1. The van der Waals surface area contributed by atoms with Gasteiger partial charge in [-0.25, -0.2) is 0 Å². The number of aliphatic hydroxyl groups is 1. The van der Waals surface area contributed by atoms with Gasteiger partial charge in [0, 0.05) is 18.9 Å². The van der Waals surface area contributed by atoms with Crippen LogP contribution in [0.5, 0.6) is 11.5 Å². The first-order valence-corrected chi connectivity index (χ1v) is 12.3. The van der Waals surface area contributed by atoms with Crippen molar-refractivity contribution in [1.82, 2.24) is 0 Å². The molecule has 0 radical (unpaired) electrons. The molecule has 8 nitrogen and oxygen atoms in total. The summed E-state index contributed by atoms with van der Waals surface area (Å²) in [7, 11) is 3.01. The number of benzene rings is 2. The van der Waals surface area contributed by atoms with E-state index in [4.69, 9.17) is 14.2 Å². The fraction of sp³-hybridized carbons (Fsp3) is 0.440. The molecule has 2 N–H and O–H groups in total. The number of ether oxygens (including phenoxy) is 3. The van der Waals surface area contributed by atoms with Crippen molar-refractivity contribution in [1.29, 1.82) is 0 Å². The molecule has 5 rings (SSSR count). The average Bonchev–Trinajstić information content (AvgIpc) is 3.31. The number of hydrogen-bond donors (Lipinski definition) is 2. The number of nitrogens with zero attached hydrogens (tertiary/aromatic N) is 1. The summed E-state index contributed by atoms with van der Waals surface area (Å²) in [5.74, 6) is -4.12. The molecule has 3 fully saturated rings. The lowest BCUT2D eigenvalue weighted by molar-refractivity contribution is -0.275. The Morgan fingerprint density at radius 3 is 2.56 bits per heavy atom. The highest BCUT2D eigenvalue weighted by Gasteiger charge is 2.66. The second-order valence-corrected chi connectivity index (χ2v) is 10.3. The SMILES string of the molecule is COC[C@H]1C[C@@H]2C(=O)N(c3ccccc3)C(=O)[C@@H]2[C@@H]2C[C@@H](c3cc(I)c(O)c(OC)c3)O[C@]12O. The minimum absolute atomic E-state index is 0.0355. The van der Waals surface area contributed by atoms with Gasteiger partial charge in [0.2, 0.25) is 11.8 Å². The highest BCUT2D eigenvalue weighted by Crippen LogP contribution is 2.59. The molecule has 0 unspecified atom stereocenters. The van der Waals surface area contributed by atoms with Crippen LogP contribution in [0.25, 0.3) is 0 Å². The van der Waals surface area contributed by atoms with Gasteiger partial charge in [-0.1, -0.05) is 18.2 Å². The number of methoxy groups -OCH3 is 2. The van der Waals surface area contributed by atoms with Crippen LogP contribution in [-0.2, 0) is 19.1 Å². The number of phenolic OH excluding ortho intramolecular Hbond substituents is 1. The van der Waals surface area contributed by atoms with Gasteiger partial charge in [0.15, 0.2) is 17.3 Å². The van der Waals surface area contributed by atoms with E-state index < -0.39 is 35.6 Å². The molecule has 9 heteroatoms. The van der Waals surface area contributed by atoms with E-state index in [2.05, 4.69) is 0 Å². The van der Waals surface area contributed by atoms with Crippen LogP contribution >= 0.6 is 22.6 Å². The van der Waals surface area contributed by atoms with Gasteiger partial charge >= 0.3 is 0 Å². The van der Waals surface area contributed by atoms with Crippen LogP contribution in [0.3, 0.4) is 0 Å². The largest absolute Gasteiger partial charge is 0.504 e. The van der Waals surface area contributed by atoms with Crippen molar-refractivity contribution in [2.24, 2.45) is 23.7 Å². The van der Waals surface area contributed by atoms with E-state index in [9.17, 15) is 19.8 Å². The quantitative estimate of drug-likeness (QED) is 0.414. The first kappa shape index (κ1) is 23.5. The van der Waals surface area contributed by atoms with Gasteiger partial charge in [0.05, 0.1) is 40.9 Å². The van der Waals surface area contributed by atoms with Crippen molar-refractivity contribution in [3.8, 4) is 11.5 Å². The zero-order valence-electron chi connectivity index (χ0n) is 18.8. The minimum Gasteiger partial charge on any atom is -0.504 e. The molecule has 2 aromatic rings. The standard InChI is InChI=1S/C25H26INO7/c1-32-12-14-10-16-21(24(30)27(23(16)29)15-6-4-3-5-7-15)17-11-19(34-25(14,17)31)13-8-18(26)22(28)20(9-13)33-2/h3-9,14,16-17,19,21,28,31H,10-12H2,1-2H3/t14-,16+,17+,19+,21+,25-/m1/s1. The van der Waals surface area contributed by atoms with Crippen molar-refractivity contribution in [3.05, 3.63) is 51.6 Å². The summed E-state index contributed by atoms with van der Waals surface area (Å²) >= 11 is 2.01. The number of amides is 2. The van der Waals surface area contributed by atoms with Crippen molar-refractivity contribution < 1.29 is 34.0 Å². The topological polar surface area (TPSA) is 106 Å².